The van der Waals surface area contributed by atoms with Crippen molar-refractivity contribution in [1.29, 1.82) is 5.26 Å². The molecule has 0 spiro atoms. The maximum Gasteiger partial charge on any atom is 0.164 e. The Kier molecular flexibility index (Phi) is 4.87. The molecule has 1 rings (SSSR count). The Labute approximate surface area is 114 Å². The first-order valence-corrected chi connectivity index (χ1v) is 5.92. The predicted octanol–water partition coefficient (Wildman–Crippen LogP) is 2.67. The lowest BCUT2D eigenvalue weighted by Crippen LogP contribution is -2.21. The summed E-state index contributed by atoms with van der Waals surface area (Å²) in [4.78, 5) is 0. The summed E-state index contributed by atoms with van der Waals surface area (Å²) in [6.07, 6.45) is 0. The number of nitrogens with one attached hydrogen (secondary N) is 1. The van der Waals surface area contributed by atoms with Crippen molar-refractivity contribution in [2.45, 2.75) is 13.8 Å². The minimum absolute atomic E-state index is 0.460. The largest absolute Gasteiger partial charge is 0.494 e. The van der Waals surface area contributed by atoms with Crippen LogP contribution in [-0.2, 0) is 0 Å². The molecule has 104 valence electrons. The number of hydrogen-bond acceptors (Lipinski definition) is 5. The number of anilines is 1. The van der Waals surface area contributed by atoms with Crippen molar-refractivity contribution in [2.75, 3.05) is 33.2 Å². The van der Waals surface area contributed by atoms with Gasteiger partial charge < -0.3 is 19.5 Å². The van der Waals surface area contributed by atoms with E-state index in [0.29, 0.717) is 23.8 Å². The van der Waals surface area contributed by atoms with Gasteiger partial charge in [-0.05, 0) is 13.8 Å². The Morgan fingerprint density at radius 3 is 2.05 bits per heavy atom. The van der Waals surface area contributed by atoms with Crippen LogP contribution in [0.3, 0.4) is 0 Å². The average Bonchev–Trinajstić information content (AvgIpc) is 2.44. The van der Waals surface area contributed by atoms with E-state index in [0.717, 1.165) is 5.69 Å². The number of nitrogens with zero attached hydrogens (tertiary/aromatic N) is 1. The van der Waals surface area contributed by atoms with E-state index in [-0.39, 0.29) is 0 Å². The number of ether oxygens (including phenoxy) is 3. The van der Waals surface area contributed by atoms with E-state index in [4.69, 9.17) is 19.5 Å². The third-order valence-electron chi connectivity index (χ3n) is 2.73. The highest BCUT2D eigenvalue weighted by atomic mass is 16.5. The minimum Gasteiger partial charge on any atom is -0.494 e. The summed E-state index contributed by atoms with van der Waals surface area (Å²) < 4.78 is 15.8. The van der Waals surface area contributed by atoms with E-state index in [1.165, 1.54) is 0 Å². The smallest absolute Gasteiger partial charge is 0.164 e. The van der Waals surface area contributed by atoms with E-state index in [2.05, 4.69) is 11.4 Å². The van der Waals surface area contributed by atoms with E-state index in [1.54, 1.807) is 33.5 Å². The van der Waals surface area contributed by atoms with Crippen molar-refractivity contribution in [3.8, 4) is 23.3 Å². The van der Waals surface area contributed by atoms with Gasteiger partial charge in [0.25, 0.3) is 0 Å². The van der Waals surface area contributed by atoms with Crippen LogP contribution >= 0.6 is 0 Å². The Hall–Kier alpha value is -2.09. The molecule has 0 heterocycles. The molecule has 19 heavy (non-hydrogen) atoms. The normalized spacial score (nSPS) is 10.5. The van der Waals surface area contributed by atoms with E-state index < -0.39 is 5.41 Å². The van der Waals surface area contributed by atoms with Crippen LogP contribution in [-0.4, -0.2) is 27.9 Å². The number of rotatable bonds is 6. The van der Waals surface area contributed by atoms with E-state index in [9.17, 15) is 0 Å². The number of methoxy groups -OCH3 is 3. The summed E-state index contributed by atoms with van der Waals surface area (Å²) in [6, 6.07) is 5.79. The molecule has 0 saturated heterocycles. The summed E-state index contributed by atoms with van der Waals surface area (Å²) >= 11 is 0. The van der Waals surface area contributed by atoms with Crippen molar-refractivity contribution in [3.63, 3.8) is 0 Å². The molecular weight excluding hydrogens is 244 g/mol. The summed E-state index contributed by atoms with van der Waals surface area (Å²) in [5, 5.41) is 12.2. The molecule has 1 aromatic carbocycles. The first-order chi connectivity index (χ1) is 8.97. The Morgan fingerprint density at radius 2 is 1.58 bits per heavy atom. The standard InChI is InChI=1S/C14H20N2O3/c1-14(2,8-15)9-16-10-6-12(18-4)13(19-5)7-11(10)17-3/h6-7,16H,9H2,1-5H3. The van der Waals surface area contributed by atoms with E-state index in [1.807, 2.05) is 13.8 Å². The molecule has 0 unspecified atom stereocenters. The fourth-order valence-corrected chi connectivity index (χ4v) is 1.52. The lowest BCUT2D eigenvalue weighted by atomic mass is 9.96. The highest BCUT2D eigenvalue weighted by Crippen LogP contribution is 2.38. The van der Waals surface area contributed by atoms with Crippen LogP contribution in [0.25, 0.3) is 0 Å². The maximum absolute atomic E-state index is 9.02. The molecule has 0 saturated carbocycles. The zero-order chi connectivity index (χ0) is 14.5. The molecule has 1 N–H and O–H groups in total. The van der Waals surface area contributed by atoms with Crippen LogP contribution in [0.5, 0.6) is 17.2 Å². The van der Waals surface area contributed by atoms with Gasteiger partial charge >= 0.3 is 0 Å². The fraction of sp³-hybridized carbons (Fsp3) is 0.500. The van der Waals surface area contributed by atoms with Crippen LogP contribution < -0.4 is 19.5 Å². The lowest BCUT2D eigenvalue weighted by Gasteiger charge is -2.19. The van der Waals surface area contributed by atoms with Gasteiger partial charge in [0.05, 0.1) is 38.5 Å². The van der Waals surface area contributed by atoms with Gasteiger partial charge in [0, 0.05) is 18.7 Å². The zero-order valence-corrected chi connectivity index (χ0v) is 12.0. The highest BCUT2D eigenvalue weighted by Gasteiger charge is 2.18. The first-order valence-electron chi connectivity index (χ1n) is 5.92. The molecule has 0 aliphatic carbocycles. The molecule has 5 heteroatoms. The number of hydrogen-bond donors (Lipinski definition) is 1. The molecule has 0 fully saturated rings. The second kappa shape index (κ2) is 6.19. The van der Waals surface area contributed by atoms with Crippen LogP contribution in [0.1, 0.15) is 13.8 Å². The molecular formula is C14H20N2O3. The van der Waals surface area contributed by atoms with Crippen LogP contribution in [0.2, 0.25) is 0 Å². The van der Waals surface area contributed by atoms with Crippen LogP contribution in [0.4, 0.5) is 5.69 Å². The third kappa shape index (κ3) is 3.68. The Bertz CT molecular complexity index is 478. The van der Waals surface area contributed by atoms with E-state index >= 15 is 0 Å². The Balaban J connectivity index is 3.03. The van der Waals surface area contributed by atoms with Crippen molar-refractivity contribution >= 4 is 5.69 Å². The van der Waals surface area contributed by atoms with Crippen molar-refractivity contribution in [3.05, 3.63) is 12.1 Å². The molecule has 0 atom stereocenters. The second-order valence-electron chi connectivity index (χ2n) is 4.76. The SMILES string of the molecule is COc1cc(OC)c(OC)cc1NCC(C)(C)C#N. The summed E-state index contributed by atoms with van der Waals surface area (Å²) in [6.45, 7) is 4.25. The zero-order valence-electron chi connectivity index (χ0n) is 12.0. The molecule has 5 nitrogen and oxygen atoms in total. The van der Waals surface area contributed by atoms with Gasteiger partial charge in [0.1, 0.15) is 5.75 Å². The van der Waals surface area contributed by atoms with Crippen LogP contribution in [0, 0.1) is 16.7 Å². The third-order valence-corrected chi connectivity index (χ3v) is 2.73. The van der Waals surface area contributed by atoms with Crippen molar-refractivity contribution in [2.24, 2.45) is 5.41 Å². The number of benzene rings is 1. The number of nitriles is 1. The monoisotopic (exact) mass is 264 g/mol. The second-order valence-corrected chi connectivity index (χ2v) is 4.76. The molecule has 0 aliphatic rings. The van der Waals surface area contributed by atoms with Gasteiger partial charge in [-0.1, -0.05) is 0 Å². The molecule has 0 bridgehead atoms. The predicted molar refractivity (Wildman–Crippen MR) is 74.0 cm³/mol. The molecule has 0 radical (unpaired) electrons. The first kappa shape index (κ1) is 15.0. The quantitative estimate of drug-likeness (QED) is 0.855. The maximum atomic E-state index is 9.02. The van der Waals surface area contributed by atoms with Crippen molar-refractivity contribution < 1.29 is 14.2 Å². The van der Waals surface area contributed by atoms with Gasteiger partial charge in [0.15, 0.2) is 11.5 Å². The average molecular weight is 264 g/mol. The van der Waals surface area contributed by atoms with Gasteiger partial charge in [-0.2, -0.15) is 5.26 Å². The van der Waals surface area contributed by atoms with Gasteiger partial charge in [-0.15, -0.1) is 0 Å². The summed E-state index contributed by atoms with van der Waals surface area (Å²) in [5.41, 5.74) is 0.307. The molecule has 0 aliphatic heterocycles. The minimum atomic E-state index is -0.460. The van der Waals surface area contributed by atoms with Gasteiger partial charge in [-0.25, -0.2) is 0 Å². The molecule has 0 aromatic heterocycles. The lowest BCUT2D eigenvalue weighted by molar-refractivity contribution is 0.349. The molecule has 0 amide bonds. The fourth-order valence-electron chi connectivity index (χ4n) is 1.52. The topological polar surface area (TPSA) is 63.5 Å². The summed E-state index contributed by atoms with van der Waals surface area (Å²) in [5.74, 6) is 1.86. The molecule has 1 aromatic rings. The van der Waals surface area contributed by atoms with Crippen LogP contribution in [0.15, 0.2) is 12.1 Å². The highest BCUT2D eigenvalue weighted by molar-refractivity contribution is 5.64. The summed E-state index contributed by atoms with van der Waals surface area (Å²) in [7, 11) is 4.73. The van der Waals surface area contributed by atoms with Gasteiger partial charge in [0.2, 0.25) is 0 Å². The Morgan fingerprint density at radius 1 is 1.05 bits per heavy atom. The van der Waals surface area contributed by atoms with Crippen molar-refractivity contribution in [1.82, 2.24) is 0 Å². The van der Waals surface area contributed by atoms with Gasteiger partial charge in [-0.3, -0.25) is 0 Å².